The second-order valence-corrected chi connectivity index (χ2v) is 6.19. The van der Waals surface area contributed by atoms with Crippen LogP contribution in [-0.4, -0.2) is 6.04 Å². The highest BCUT2D eigenvalue weighted by atomic mass is 79.9. The van der Waals surface area contributed by atoms with Crippen molar-refractivity contribution in [1.82, 2.24) is 5.32 Å². The highest BCUT2D eigenvalue weighted by Crippen LogP contribution is 2.21. The first-order valence-corrected chi connectivity index (χ1v) is 8.03. The van der Waals surface area contributed by atoms with Gasteiger partial charge in [-0.2, -0.15) is 0 Å². The molecule has 0 saturated heterocycles. The van der Waals surface area contributed by atoms with E-state index in [4.69, 9.17) is 0 Å². The fourth-order valence-electron chi connectivity index (χ4n) is 2.54. The summed E-state index contributed by atoms with van der Waals surface area (Å²) < 4.78 is 1.14. The Kier molecular flexibility index (Phi) is 5.81. The van der Waals surface area contributed by atoms with E-state index in [9.17, 15) is 0 Å². The molecule has 1 N–H and O–H groups in total. The lowest BCUT2D eigenvalue weighted by Crippen LogP contribution is -2.31. The molecule has 2 unspecified atom stereocenters. The lowest BCUT2D eigenvalue weighted by molar-refractivity contribution is 0.443. The Hall–Kier alpha value is -1.12. The van der Waals surface area contributed by atoms with Crippen molar-refractivity contribution >= 4 is 15.9 Å². The van der Waals surface area contributed by atoms with Gasteiger partial charge in [0.15, 0.2) is 0 Å². The second-order valence-electron chi connectivity index (χ2n) is 5.27. The van der Waals surface area contributed by atoms with Crippen LogP contribution in [0.3, 0.4) is 0 Å². The van der Waals surface area contributed by atoms with Crippen molar-refractivity contribution in [3.63, 3.8) is 0 Å². The molecule has 0 aromatic heterocycles. The summed E-state index contributed by atoms with van der Waals surface area (Å²) in [4.78, 5) is 0. The number of rotatable bonds is 6. The summed E-state index contributed by atoms with van der Waals surface area (Å²) >= 11 is 3.55. The summed E-state index contributed by atoms with van der Waals surface area (Å²) in [5, 5.41) is 3.74. The summed E-state index contributed by atoms with van der Waals surface area (Å²) in [6.07, 6.45) is 2.15. The zero-order chi connectivity index (χ0) is 14.4. The molecule has 2 aromatic carbocycles. The van der Waals surface area contributed by atoms with Gasteiger partial charge in [-0.25, -0.2) is 0 Å². The molecule has 1 nitrogen and oxygen atoms in total. The minimum Gasteiger partial charge on any atom is -0.307 e. The molecule has 0 aliphatic heterocycles. The number of benzene rings is 2. The van der Waals surface area contributed by atoms with Crippen molar-refractivity contribution in [2.75, 3.05) is 0 Å². The molecule has 2 rings (SSSR count). The quantitative estimate of drug-likeness (QED) is 0.774. The van der Waals surface area contributed by atoms with Crippen LogP contribution in [0.25, 0.3) is 0 Å². The number of halogens is 1. The summed E-state index contributed by atoms with van der Waals surface area (Å²) in [5.74, 6) is 0. The first-order valence-electron chi connectivity index (χ1n) is 7.24. The van der Waals surface area contributed by atoms with Crippen LogP contribution in [-0.2, 0) is 6.42 Å². The molecule has 0 fully saturated rings. The van der Waals surface area contributed by atoms with E-state index < -0.39 is 0 Å². The van der Waals surface area contributed by atoms with Crippen LogP contribution in [0, 0.1) is 0 Å². The van der Waals surface area contributed by atoms with Crippen molar-refractivity contribution < 1.29 is 0 Å². The lowest BCUT2D eigenvalue weighted by atomic mass is 10.0. The van der Waals surface area contributed by atoms with E-state index >= 15 is 0 Å². The largest absolute Gasteiger partial charge is 0.307 e. The van der Waals surface area contributed by atoms with Gasteiger partial charge in [0.2, 0.25) is 0 Å². The Balaban J connectivity index is 1.99. The highest BCUT2D eigenvalue weighted by molar-refractivity contribution is 9.10. The zero-order valence-corrected chi connectivity index (χ0v) is 13.7. The molecule has 0 heterocycles. The van der Waals surface area contributed by atoms with E-state index in [1.807, 2.05) is 0 Å². The Morgan fingerprint density at radius 2 is 1.80 bits per heavy atom. The molecule has 106 valence electrons. The predicted octanol–water partition coefficient (Wildman–Crippen LogP) is 5.12. The van der Waals surface area contributed by atoms with Gasteiger partial charge in [0, 0.05) is 16.6 Å². The third-order valence-corrected chi connectivity index (χ3v) is 4.02. The smallest absolute Gasteiger partial charge is 0.0320 e. The van der Waals surface area contributed by atoms with Gasteiger partial charge < -0.3 is 5.32 Å². The van der Waals surface area contributed by atoms with Crippen molar-refractivity contribution in [2.45, 2.75) is 38.8 Å². The Morgan fingerprint density at radius 3 is 2.45 bits per heavy atom. The molecule has 0 aliphatic carbocycles. The van der Waals surface area contributed by atoms with Crippen molar-refractivity contribution in [1.29, 1.82) is 0 Å². The van der Waals surface area contributed by atoms with E-state index in [2.05, 4.69) is 89.7 Å². The van der Waals surface area contributed by atoms with Gasteiger partial charge in [-0.3, -0.25) is 0 Å². The molecule has 2 atom stereocenters. The first kappa shape index (κ1) is 15.3. The molecule has 0 saturated carbocycles. The molecule has 0 amide bonds. The average Bonchev–Trinajstić information content (AvgIpc) is 2.46. The Labute approximate surface area is 130 Å². The number of hydrogen-bond donors (Lipinski definition) is 1. The third-order valence-electron chi connectivity index (χ3n) is 3.53. The molecule has 2 aromatic rings. The fourth-order valence-corrected chi connectivity index (χ4v) is 2.96. The molecule has 0 spiro atoms. The molecule has 0 bridgehead atoms. The van der Waals surface area contributed by atoms with Gasteiger partial charge in [-0.1, -0.05) is 65.3 Å². The first-order chi connectivity index (χ1) is 9.69. The standard InChI is InChI=1S/C18H22BrN/c1-3-18(16-10-7-11-17(19)13-16)20-14(2)12-15-8-5-4-6-9-15/h4-11,13-14,18,20H,3,12H2,1-2H3. The summed E-state index contributed by atoms with van der Waals surface area (Å²) in [5.41, 5.74) is 2.73. The van der Waals surface area contributed by atoms with Gasteiger partial charge in [0.05, 0.1) is 0 Å². The Bertz CT molecular complexity index is 524. The van der Waals surface area contributed by atoms with Gasteiger partial charge in [0.25, 0.3) is 0 Å². The SMILES string of the molecule is CCC(NC(C)Cc1ccccc1)c1cccc(Br)c1. The van der Waals surface area contributed by atoms with Crippen LogP contribution in [0.4, 0.5) is 0 Å². The number of nitrogens with one attached hydrogen (secondary N) is 1. The summed E-state index contributed by atoms with van der Waals surface area (Å²) in [6.45, 7) is 4.49. The van der Waals surface area contributed by atoms with Crippen molar-refractivity contribution in [2.24, 2.45) is 0 Å². The molecular weight excluding hydrogens is 310 g/mol. The van der Waals surface area contributed by atoms with Crippen LogP contribution in [0.1, 0.15) is 37.4 Å². The van der Waals surface area contributed by atoms with E-state index in [1.165, 1.54) is 11.1 Å². The van der Waals surface area contributed by atoms with Crippen LogP contribution in [0.2, 0.25) is 0 Å². The van der Waals surface area contributed by atoms with E-state index in [-0.39, 0.29) is 0 Å². The van der Waals surface area contributed by atoms with Crippen LogP contribution in [0.15, 0.2) is 59.1 Å². The second kappa shape index (κ2) is 7.61. The lowest BCUT2D eigenvalue weighted by Gasteiger charge is -2.23. The Morgan fingerprint density at radius 1 is 1.05 bits per heavy atom. The van der Waals surface area contributed by atoms with Crippen LogP contribution >= 0.6 is 15.9 Å². The molecule has 20 heavy (non-hydrogen) atoms. The summed E-state index contributed by atoms with van der Waals surface area (Å²) in [6, 6.07) is 20.1. The minimum atomic E-state index is 0.409. The third kappa shape index (κ3) is 4.46. The van der Waals surface area contributed by atoms with E-state index in [0.717, 1.165) is 17.3 Å². The van der Waals surface area contributed by atoms with Gasteiger partial charge in [-0.15, -0.1) is 0 Å². The van der Waals surface area contributed by atoms with Crippen molar-refractivity contribution in [3.8, 4) is 0 Å². The molecule has 0 aliphatic rings. The topological polar surface area (TPSA) is 12.0 Å². The normalized spacial score (nSPS) is 13.9. The fraction of sp³-hybridized carbons (Fsp3) is 0.333. The maximum atomic E-state index is 3.74. The van der Waals surface area contributed by atoms with E-state index in [0.29, 0.717) is 12.1 Å². The zero-order valence-electron chi connectivity index (χ0n) is 12.1. The number of hydrogen-bond acceptors (Lipinski definition) is 1. The molecule has 2 heteroatoms. The molecule has 0 radical (unpaired) electrons. The van der Waals surface area contributed by atoms with E-state index in [1.54, 1.807) is 0 Å². The minimum absolute atomic E-state index is 0.409. The predicted molar refractivity (Wildman–Crippen MR) is 89.9 cm³/mol. The molecular formula is C18H22BrN. The summed E-state index contributed by atoms with van der Waals surface area (Å²) in [7, 11) is 0. The van der Waals surface area contributed by atoms with Crippen LogP contribution < -0.4 is 5.32 Å². The monoisotopic (exact) mass is 331 g/mol. The maximum Gasteiger partial charge on any atom is 0.0320 e. The van der Waals surface area contributed by atoms with Crippen molar-refractivity contribution in [3.05, 3.63) is 70.2 Å². The maximum absolute atomic E-state index is 3.74. The van der Waals surface area contributed by atoms with Crippen LogP contribution in [0.5, 0.6) is 0 Å². The van der Waals surface area contributed by atoms with Gasteiger partial charge in [0.1, 0.15) is 0 Å². The highest BCUT2D eigenvalue weighted by Gasteiger charge is 2.13. The van der Waals surface area contributed by atoms with Gasteiger partial charge in [-0.05, 0) is 43.0 Å². The average molecular weight is 332 g/mol. The van der Waals surface area contributed by atoms with Gasteiger partial charge >= 0.3 is 0 Å².